The largest absolute Gasteiger partial charge is 0.480 e. The van der Waals surface area contributed by atoms with Gasteiger partial charge in [0, 0.05) is 50.7 Å². The van der Waals surface area contributed by atoms with Crippen LogP contribution in [0.5, 0.6) is 0 Å². The second-order valence-corrected chi connectivity index (χ2v) is 9.49. The molecule has 0 saturated carbocycles. The molecule has 194 valence electrons. The number of carbonyl (C=O) groups excluding carboxylic acids is 1. The van der Waals surface area contributed by atoms with E-state index in [1.807, 2.05) is 4.90 Å². The summed E-state index contributed by atoms with van der Waals surface area (Å²) in [7, 11) is 0. The molecule has 1 aliphatic heterocycles. The second-order valence-electron chi connectivity index (χ2n) is 8.67. The average molecular weight is 546 g/mol. The number of halogens is 2. The fourth-order valence-corrected chi connectivity index (χ4v) is 4.80. The van der Waals surface area contributed by atoms with Gasteiger partial charge in [0.15, 0.2) is 0 Å². The number of likely N-dealkylation sites (N-methyl/N-ethyl adjacent to an activating group) is 1. The van der Waals surface area contributed by atoms with Crippen molar-refractivity contribution in [2.45, 2.75) is 19.4 Å². The molecule has 37 heavy (non-hydrogen) atoms. The van der Waals surface area contributed by atoms with Gasteiger partial charge in [0.2, 0.25) is 0 Å². The maximum Gasteiger partial charge on any atom is 0.326 e. The van der Waals surface area contributed by atoms with Gasteiger partial charge in [-0.05, 0) is 24.2 Å². The summed E-state index contributed by atoms with van der Waals surface area (Å²) in [5.41, 5.74) is 0.216. The molecule has 0 spiro atoms. The number of anilines is 3. The first kappa shape index (κ1) is 26.6. The van der Waals surface area contributed by atoms with E-state index in [0.717, 1.165) is 19.6 Å². The van der Waals surface area contributed by atoms with Crippen LogP contribution in [0.15, 0.2) is 46.2 Å². The third-order valence-electron chi connectivity index (χ3n) is 6.37. The van der Waals surface area contributed by atoms with Crippen LogP contribution in [0.25, 0.3) is 0 Å². The number of piperazine rings is 1. The molecule has 1 atom stereocenters. The van der Waals surface area contributed by atoms with Crippen LogP contribution in [0.3, 0.4) is 0 Å². The van der Waals surface area contributed by atoms with Crippen LogP contribution in [-0.2, 0) is 11.2 Å². The molecule has 10 nitrogen and oxygen atoms in total. The van der Waals surface area contributed by atoms with E-state index in [-0.39, 0.29) is 33.4 Å². The number of amides is 1. The van der Waals surface area contributed by atoms with Crippen LogP contribution in [0, 0.1) is 0 Å². The summed E-state index contributed by atoms with van der Waals surface area (Å²) < 4.78 is 0. The Balaban J connectivity index is 1.43. The van der Waals surface area contributed by atoms with E-state index in [0.29, 0.717) is 24.3 Å². The van der Waals surface area contributed by atoms with Gasteiger partial charge in [-0.1, -0.05) is 42.3 Å². The quantitative estimate of drug-likeness (QED) is 0.347. The third-order valence-corrected chi connectivity index (χ3v) is 6.94. The summed E-state index contributed by atoms with van der Waals surface area (Å²) in [4.78, 5) is 57.0. The number of nitrogens with one attached hydrogen (secondary N) is 2. The van der Waals surface area contributed by atoms with Crippen LogP contribution >= 0.6 is 23.2 Å². The minimum absolute atomic E-state index is 0.0490. The van der Waals surface area contributed by atoms with E-state index in [2.05, 4.69) is 27.4 Å². The second kappa shape index (κ2) is 11.3. The molecular weight excluding hydrogens is 521 g/mol. The zero-order valence-corrected chi connectivity index (χ0v) is 21.5. The minimum Gasteiger partial charge on any atom is -0.480 e. The van der Waals surface area contributed by atoms with Gasteiger partial charge < -0.3 is 25.5 Å². The van der Waals surface area contributed by atoms with Crippen LogP contribution in [-0.4, -0.2) is 65.6 Å². The number of pyridine rings is 1. The van der Waals surface area contributed by atoms with Crippen LogP contribution in [0.2, 0.25) is 10.0 Å². The Hall–Kier alpha value is -3.47. The lowest BCUT2D eigenvalue weighted by Gasteiger charge is -2.36. The monoisotopic (exact) mass is 545 g/mol. The van der Waals surface area contributed by atoms with Crippen LogP contribution in [0.4, 0.5) is 17.1 Å². The van der Waals surface area contributed by atoms with Crippen molar-refractivity contribution in [2.75, 3.05) is 48.3 Å². The Bertz CT molecular complexity index is 1360. The molecule has 0 unspecified atom stereocenters. The fourth-order valence-electron chi connectivity index (χ4n) is 4.26. The van der Waals surface area contributed by atoms with Gasteiger partial charge in [0.1, 0.15) is 17.4 Å². The van der Waals surface area contributed by atoms with E-state index in [1.165, 1.54) is 12.4 Å². The van der Waals surface area contributed by atoms with E-state index < -0.39 is 28.8 Å². The van der Waals surface area contributed by atoms with Crippen LogP contribution < -0.4 is 26.4 Å². The van der Waals surface area contributed by atoms with E-state index in [4.69, 9.17) is 23.2 Å². The SMILES string of the molecule is CCN1CCN(c2c(N[C@@H](Cc3ccc(NC(=O)c4c(Cl)cncc4Cl)cc3)C(=O)O)c(=O)c2=O)CC1. The molecule has 1 fully saturated rings. The van der Waals surface area contributed by atoms with Gasteiger partial charge in [0.05, 0.1) is 15.6 Å². The Kier molecular flexibility index (Phi) is 8.11. The van der Waals surface area contributed by atoms with Crippen molar-refractivity contribution in [3.63, 3.8) is 0 Å². The minimum atomic E-state index is -1.16. The lowest BCUT2D eigenvalue weighted by molar-refractivity contribution is -0.137. The lowest BCUT2D eigenvalue weighted by Crippen LogP contribution is -2.52. The van der Waals surface area contributed by atoms with E-state index >= 15 is 0 Å². The van der Waals surface area contributed by atoms with Gasteiger partial charge in [-0.2, -0.15) is 0 Å². The van der Waals surface area contributed by atoms with Crippen molar-refractivity contribution in [3.05, 3.63) is 78.3 Å². The number of benzene rings is 1. The molecule has 2 heterocycles. The Labute approximate surface area is 222 Å². The number of rotatable bonds is 9. The molecule has 1 aromatic heterocycles. The first-order chi connectivity index (χ1) is 17.7. The van der Waals surface area contributed by atoms with Crippen molar-refractivity contribution in [1.29, 1.82) is 0 Å². The van der Waals surface area contributed by atoms with Crippen molar-refractivity contribution in [1.82, 2.24) is 9.88 Å². The Morgan fingerprint density at radius 2 is 1.65 bits per heavy atom. The summed E-state index contributed by atoms with van der Waals surface area (Å²) in [5.74, 6) is -1.67. The molecule has 0 aliphatic carbocycles. The summed E-state index contributed by atoms with van der Waals surface area (Å²) in [5, 5.41) is 15.5. The standard InChI is InChI=1S/C25H25Cl2N5O5/c1-2-31-7-9-32(10-8-31)21-20(22(33)23(21)34)30-18(25(36)37)11-14-3-5-15(6-4-14)29-24(35)19-16(26)12-28-13-17(19)27/h3-6,12-13,18,30H,2,7-11H2,1H3,(H,29,35)(H,36,37)/t18-/m0/s1. The molecule has 12 heteroatoms. The highest BCUT2D eigenvalue weighted by molar-refractivity contribution is 6.40. The summed E-state index contributed by atoms with van der Waals surface area (Å²) in [6.45, 7) is 5.67. The molecule has 4 rings (SSSR count). The summed E-state index contributed by atoms with van der Waals surface area (Å²) in [6.07, 6.45) is 2.68. The molecule has 3 N–H and O–H groups in total. The number of hydrogen-bond donors (Lipinski definition) is 3. The smallest absolute Gasteiger partial charge is 0.326 e. The number of carboxylic acids is 1. The van der Waals surface area contributed by atoms with Crippen molar-refractivity contribution >= 4 is 52.1 Å². The van der Waals surface area contributed by atoms with E-state index in [9.17, 15) is 24.3 Å². The molecule has 1 saturated heterocycles. The maximum atomic E-state index is 12.6. The molecule has 1 aliphatic rings. The normalized spacial score (nSPS) is 14.9. The van der Waals surface area contributed by atoms with Crippen molar-refractivity contribution < 1.29 is 14.7 Å². The highest BCUT2D eigenvalue weighted by atomic mass is 35.5. The predicted molar refractivity (Wildman–Crippen MR) is 143 cm³/mol. The molecular formula is C25H25Cl2N5O5. The predicted octanol–water partition coefficient (Wildman–Crippen LogP) is 2.49. The summed E-state index contributed by atoms with van der Waals surface area (Å²) in [6, 6.07) is 5.43. The number of nitrogens with zero attached hydrogens (tertiary/aromatic N) is 3. The highest BCUT2D eigenvalue weighted by Gasteiger charge is 2.31. The zero-order chi connectivity index (χ0) is 26.7. The van der Waals surface area contributed by atoms with Gasteiger partial charge >= 0.3 is 5.97 Å². The number of carboxylic acid groups (broad SMARTS) is 1. The number of hydrogen-bond acceptors (Lipinski definition) is 8. The topological polar surface area (TPSA) is 132 Å². The molecule has 3 aromatic rings. The van der Waals surface area contributed by atoms with Crippen LogP contribution in [0.1, 0.15) is 22.8 Å². The molecule has 1 amide bonds. The maximum absolute atomic E-state index is 12.6. The summed E-state index contributed by atoms with van der Waals surface area (Å²) >= 11 is 12.1. The number of aliphatic carboxylic acids is 1. The van der Waals surface area contributed by atoms with Crippen molar-refractivity contribution in [3.8, 4) is 0 Å². The molecule has 2 aromatic carbocycles. The number of carbonyl (C=O) groups is 2. The van der Waals surface area contributed by atoms with Gasteiger partial charge in [-0.3, -0.25) is 19.4 Å². The Morgan fingerprint density at radius 3 is 2.22 bits per heavy atom. The molecule has 0 bridgehead atoms. The first-order valence-corrected chi connectivity index (χ1v) is 12.4. The average Bonchev–Trinajstić information content (AvgIpc) is 2.88. The molecule has 0 radical (unpaired) electrons. The van der Waals surface area contributed by atoms with Gasteiger partial charge in [-0.25, -0.2) is 4.79 Å². The van der Waals surface area contributed by atoms with Gasteiger partial charge in [0.25, 0.3) is 16.8 Å². The zero-order valence-electron chi connectivity index (χ0n) is 20.0. The van der Waals surface area contributed by atoms with Crippen molar-refractivity contribution in [2.24, 2.45) is 0 Å². The Morgan fingerprint density at radius 1 is 1.03 bits per heavy atom. The number of aromatic nitrogens is 1. The lowest BCUT2D eigenvalue weighted by atomic mass is 10.0. The first-order valence-electron chi connectivity index (χ1n) is 11.7. The van der Waals surface area contributed by atoms with Gasteiger partial charge in [-0.15, -0.1) is 0 Å². The third kappa shape index (κ3) is 5.76. The van der Waals surface area contributed by atoms with E-state index in [1.54, 1.807) is 24.3 Å². The fraction of sp³-hybridized carbons (Fsp3) is 0.320. The highest BCUT2D eigenvalue weighted by Crippen LogP contribution is 2.25.